The number of ether oxygens (including phenoxy) is 2. The van der Waals surface area contributed by atoms with Crippen molar-refractivity contribution in [3.8, 4) is 0 Å². The highest BCUT2D eigenvalue weighted by Gasteiger charge is 2.85. The van der Waals surface area contributed by atoms with Gasteiger partial charge in [-0.3, -0.25) is 9.69 Å². The molecule has 0 unspecified atom stereocenters. The molecule has 3 saturated carbocycles. The molecule has 0 radical (unpaired) electrons. The number of hydrogen-bond donors (Lipinski definition) is 1. The van der Waals surface area contributed by atoms with Crippen LogP contribution >= 0.6 is 0 Å². The second kappa shape index (κ2) is 8.49. The maximum absolute atomic E-state index is 13.5. The third-order valence-electron chi connectivity index (χ3n) is 10.1. The normalized spacial score (nSPS) is 46.5. The minimum atomic E-state index is -1.39. The molecule has 0 aromatic rings. The summed E-state index contributed by atoms with van der Waals surface area (Å²) in [6.07, 6.45) is 5.39. The Bertz CT molecular complexity index is 950. The highest BCUT2D eigenvalue weighted by atomic mass is 19.1. The Labute approximate surface area is 207 Å². The van der Waals surface area contributed by atoms with Gasteiger partial charge in [-0.1, -0.05) is 45.4 Å². The zero-order chi connectivity index (χ0) is 25.3. The van der Waals surface area contributed by atoms with Crippen molar-refractivity contribution in [2.75, 3.05) is 26.3 Å². The number of fused-ring (bicyclic) bond motifs is 2. The van der Waals surface area contributed by atoms with E-state index in [9.17, 15) is 19.1 Å². The Morgan fingerprint density at radius 2 is 2.09 bits per heavy atom. The van der Waals surface area contributed by atoms with Gasteiger partial charge < -0.3 is 19.4 Å². The Kier molecular flexibility index (Phi) is 6.09. The van der Waals surface area contributed by atoms with Gasteiger partial charge >= 0.3 is 5.97 Å². The van der Waals surface area contributed by atoms with Crippen molar-refractivity contribution >= 4 is 12.3 Å². The number of nitrogens with zero attached hydrogens (tertiary/aromatic N) is 1. The fourth-order valence-electron chi connectivity index (χ4n) is 9.09. The molecular weight excluding hydrogens is 449 g/mol. The molecule has 0 aromatic carbocycles. The molecule has 5 aliphatic rings. The fraction of sp³-hybridized carbons (Fsp3) is 0.786. The first-order chi connectivity index (χ1) is 16.6. The van der Waals surface area contributed by atoms with E-state index >= 15 is 0 Å². The number of carboxylic acids is 1. The van der Waals surface area contributed by atoms with Gasteiger partial charge in [-0.05, 0) is 55.4 Å². The molecule has 194 valence electrons. The van der Waals surface area contributed by atoms with Crippen LogP contribution in [0.1, 0.15) is 53.4 Å². The molecule has 1 N–H and O–H groups in total. The van der Waals surface area contributed by atoms with Crippen molar-refractivity contribution in [2.24, 2.45) is 40.4 Å². The summed E-state index contributed by atoms with van der Waals surface area (Å²) in [5.41, 5.74) is -2.03. The van der Waals surface area contributed by atoms with Crippen LogP contribution in [0.3, 0.4) is 0 Å². The molecule has 1 heterocycles. The first-order valence-corrected chi connectivity index (χ1v) is 13.3. The SMILES string of the molecule is C=C(CF)CN1C[C@H](O[C@@]23C[C@@H]4[C@H](C)CC[C@H]4[C@@]4(C=O)C[C@H]2C=C(C(C)C)[C@@]34C(=O)O)O[C@H](C)C1. The number of halogens is 1. The Morgan fingerprint density at radius 3 is 2.71 bits per heavy atom. The summed E-state index contributed by atoms with van der Waals surface area (Å²) in [5, 5.41) is 11.1. The molecule has 0 spiro atoms. The van der Waals surface area contributed by atoms with E-state index in [1.165, 1.54) is 0 Å². The Morgan fingerprint density at radius 1 is 1.34 bits per heavy atom. The number of aliphatic carboxylic acids is 1. The van der Waals surface area contributed by atoms with Crippen LogP contribution in [0.5, 0.6) is 0 Å². The standard InChI is InChI=1S/C28H40FNO5/c1-16(2)23-8-20-9-26(15-31)22-7-6-18(4)21(22)10-27(20,28(23,26)25(32)33)35-24-14-30(12-17(3)11-29)13-19(5)34-24/h8,15-16,18-22,24H,3,6-7,9-14H2,1-2,4-5H3,(H,32,33)/t18-,19-,20-,21-,22-,24+,26+,27+,28+/m1/s1. The van der Waals surface area contributed by atoms with Gasteiger partial charge in [0, 0.05) is 25.6 Å². The Hall–Kier alpha value is -1.57. The molecule has 4 bridgehead atoms. The van der Waals surface area contributed by atoms with Gasteiger partial charge in [-0.15, -0.1) is 0 Å². The lowest BCUT2D eigenvalue weighted by molar-refractivity contribution is -0.292. The number of carbonyl (C=O) groups excluding carboxylic acids is 1. The van der Waals surface area contributed by atoms with E-state index < -0.39 is 35.4 Å². The molecule has 35 heavy (non-hydrogen) atoms. The smallest absolute Gasteiger partial charge is 0.317 e. The maximum Gasteiger partial charge on any atom is 0.317 e. The summed E-state index contributed by atoms with van der Waals surface area (Å²) in [5.74, 6) is -0.358. The third kappa shape index (κ3) is 3.16. The van der Waals surface area contributed by atoms with Crippen molar-refractivity contribution < 1.29 is 28.6 Å². The predicted molar refractivity (Wildman–Crippen MR) is 129 cm³/mol. The van der Waals surface area contributed by atoms with Crippen LogP contribution in [-0.4, -0.2) is 66.6 Å². The second-order valence-corrected chi connectivity index (χ2v) is 12.3. The summed E-state index contributed by atoms with van der Waals surface area (Å²) in [6, 6.07) is 0. The quantitative estimate of drug-likeness (QED) is 0.406. The number of hydrogen-bond acceptors (Lipinski definition) is 5. The van der Waals surface area contributed by atoms with Crippen molar-refractivity contribution in [2.45, 2.75) is 71.4 Å². The van der Waals surface area contributed by atoms with E-state index in [0.29, 0.717) is 44.0 Å². The first-order valence-electron chi connectivity index (χ1n) is 13.3. The number of carboxylic acid groups (broad SMARTS) is 1. The van der Waals surface area contributed by atoms with Crippen LogP contribution in [0, 0.1) is 40.4 Å². The molecule has 7 heteroatoms. The van der Waals surface area contributed by atoms with Crippen LogP contribution in [0.4, 0.5) is 4.39 Å². The van der Waals surface area contributed by atoms with Crippen LogP contribution < -0.4 is 0 Å². The molecule has 1 aliphatic heterocycles. The molecule has 0 amide bonds. The van der Waals surface area contributed by atoms with Crippen molar-refractivity contribution in [1.82, 2.24) is 4.90 Å². The number of rotatable bonds is 8. The summed E-state index contributed by atoms with van der Waals surface area (Å²) >= 11 is 0. The fourth-order valence-corrected chi connectivity index (χ4v) is 9.09. The van der Waals surface area contributed by atoms with Gasteiger partial charge in [0.15, 0.2) is 6.29 Å². The zero-order valence-corrected chi connectivity index (χ0v) is 21.5. The van der Waals surface area contributed by atoms with E-state index in [2.05, 4.69) is 24.5 Å². The maximum atomic E-state index is 13.5. The topological polar surface area (TPSA) is 76.1 Å². The monoisotopic (exact) mass is 489 g/mol. The van der Waals surface area contributed by atoms with Crippen LogP contribution in [0.2, 0.25) is 0 Å². The van der Waals surface area contributed by atoms with E-state index in [1.807, 2.05) is 20.8 Å². The van der Waals surface area contributed by atoms with E-state index in [-0.39, 0.29) is 29.8 Å². The van der Waals surface area contributed by atoms with Crippen molar-refractivity contribution in [1.29, 1.82) is 0 Å². The largest absolute Gasteiger partial charge is 0.480 e. The lowest BCUT2D eigenvalue weighted by Crippen LogP contribution is -2.67. The molecule has 9 atom stereocenters. The highest BCUT2D eigenvalue weighted by molar-refractivity contribution is 5.91. The average Bonchev–Trinajstić information content (AvgIpc) is 3.35. The lowest BCUT2D eigenvalue weighted by Gasteiger charge is -2.58. The van der Waals surface area contributed by atoms with Crippen LogP contribution in [0.15, 0.2) is 23.8 Å². The summed E-state index contributed by atoms with van der Waals surface area (Å²) in [6.45, 7) is 12.9. The van der Waals surface area contributed by atoms with E-state index in [1.54, 1.807) is 0 Å². The second-order valence-electron chi connectivity index (χ2n) is 12.3. The minimum Gasteiger partial charge on any atom is -0.480 e. The minimum absolute atomic E-state index is 0.00958. The molecule has 4 fully saturated rings. The number of alkyl halides is 1. The number of carbonyl (C=O) groups is 2. The molecule has 4 aliphatic carbocycles. The van der Waals surface area contributed by atoms with Gasteiger partial charge in [0.25, 0.3) is 0 Å². The summed E-state index contributed by atoms with van der Waals surface area (Å²) in [7, 11) is 0. The van der Waals surface area contributed by atoms with Gasteiger partial charge in [-0.2, -0.15) is 0 Å². The van der Waals surface area contributed by atoms with Gasteiger partial charge in [0.05, 0.1) is 17.1 Å². The van der Waals surface area contributed by atoms with Crippen LogP contribution in [-0.2, 0) is 19.1 Å². The van der Waals surface area contributed by atoms with Crippen molar-refractivity contribution in [3.63, 3.8) is 0 Å². The van der Waals surface area contributed by atoms with Gasteiger partial charge in [-0.25, -0.2) is 4.39 Å². The number of morpholine rings is 1. The lowest BCUT2D eigenvalue weighted by atomic mass is 9.45. The molecule has 1 saturated heterocycles. The molecule has 5 rings (SSSR count). The summed E-state index contributed by atoms with van der Waals surface area (Å²) < 4.78 is 26.3. The van der Waals surface area contributed by atoms with Gasteiger partial charge in [0.1, 0.15) is 18.4 Å². The van der Waals surface area contributed by atoms with Gasteiger partial charge in [0.2, 0.25) is 0 Å². The molecule has 6 nitrogen and oxygen atoms in total. The van der Waals surface area contributed by atoms with Crippen LogP contribution in [0.25, 0.3) is 0 Å². The molecular formula is C28H40FNO5. The Balaban J connectivity index is 1.59. The molecule has 0 aromatic heterocycles. The van der Waals surface area contributed by atoms with Crippen molar-refractivity contribution in [3.05, 3.63) is 23.8 Å². The first kappa shape index (κ1) is 25.1. The zero-order valence-electron chi connectivity index (χ0n) is 21.5. The summed E-state index contributed by atoms with van der Waals surface area (Å²) in [4.78, 5) is 28.7. The number of aldehydes is 1. The van der Waals surface area contributed by atoms with E-state index in [0.717, 1.165) is 24.7 Å². The van der Waals surface area contributed by atoms with E-state index in [4.69, 9.17) is 9.47 Å². The predicted octanol–water partition coefficient (Wildman–Crippen LogP) is 4.25. The third-order valence-corrected chi connectivity index (χ3v) is 10.1. The average molecular weight is 490 g/mol. The highest BCUT2D eigenvalue weighted by Crippen LogP contribution is 2.80.